The molecule has 24 heavy (non-hydrogen) atoms. The number of rotatable bonds is 4. The van der Waals surface area contributed by atoms with Crippen LogP contribution in [-0.2, 0) is 0 Å². The molecule has 5 heterocycles. The first kappa shape index (κ1) is 15.7. The van der Waals surface area contributed by atoms with Gasteiger partial charge < -0.3 is 14.5 Å². The van der Waals surface area contributed by atoms with Crippen molar-refractivity contribution in [3.63, 3.8) is 0 Å². The predicted octanol–water partition coefficient (Wildman–Crippen LogP) is 2.62. The number of aromatic nitrogens is 1. The quantitative estimate of drug-likeness (QED) is 0.921. The number of thiophene rings is 1. The lowest BCUT2D eigenvalue weighted by Crippen LogP contribution is -2.62. The molecule has 0 spiro atoms. The van der Waals surface area contributed by atoms with Gasteiger partial charge in [0.1, 0.15) is 0 Å². The number of nitrogens with one attached hydrogen (secondary N) is 1. The number of hydrogen-bond acceptors (Lipinski definition) is 6. The van der Waals surface area contributed by atoms with Crippen molar-refractivity contribution in [1.29, 1.82) is 0 Å². The highest BCUT2D eigenvalue weighted by molar-refractivity contribution is 7.17. The van der Waals surface area contributed by atoms with Gasteiger partial charge in [-0.05, 0) is 50.9 Å². The Morgan fingerprint density at radius 1 is 1.42 bits per heavy atom. The van der Waals surface area contributed by atoms with Gasteiger partial charge in [0.05, 0.1) is 23.1 Å². The molecule has 3 aliphatic rings. The second-order valence-electron chi connectivity index (χ2n) is 6.47. The number of methoxy groups -OCH3 is 1. The van der Waals surface area contributed by atoms with Crippen LogP contribution in [0.15, 0.2) is 22.7 Å². The number of nitrogens with zero attached hydrogens (tertiary/aromatic N) is 2. The standard InChI is InChI=1S/C17H21N3O3S/c1-10-15(11-5-7-20(10)8-6-11)19-16(21)14-4-3-13(24-14)12-9-18-17(22-2)23-12/h3-4,9-11,15H,5-8H2,1-2H3,(H,19,21)/t10-,15-/m0/s1. The van der Waals surface area contributed by atoms with Gasteiger partial charge in [0.25, 0.3) is 5.91 Å². The Labute approximate surface area is 144 Å². The predicted molar refractivity (Wildman–Crippen MR) is 91.4 cm³/mol. The van der Waals surface area contributed by atoms with E-state index in [9.17, 15) is 4.79 Å². The fraction of sp³-hybridized carbons (Fsp3) is 0.529. The second-order valence-corrected chi connectivity index (χ2v) is 7.56. The summed E-state index contributed by atoms with van der Waals surface area (Å²) < 4.78 is 10.4. The lowest BCUT2D eigenvalue weighted by Gasteiger charge is -2.49. The van der Waals surface area contributed by atoms with Crippen LogP contribution in [0.1, 0.15) is 29.4 Å². The maximum absolute atomic E-state index is 12.7. The van der Waals surface area contributed by atoms with Crippen LogP contribution in [0.25, 0.3) is 10.6 Å². The average molecular weight is 347 g/mol. The van der Waals surface area contributed by atoms with Crippen LogP contribution < -0.4 is 10.1 Å². The number of fused-ring (bicyclic) bond motifs is 3. The number of piperidine rings is 3. The Morgan fingerprint density at radius 2 is 2.21 bits per heavy atom. The van der Waals surface area contributed by atoms with E-state index in [-0.39, 0.29) is 18.0 Å². The summed E-state index contributed by atoms with van der Waals surface area (Å²) in [7, 11) is 1.51. The molecule has 0 radical (unpaired) electrons. The van der Waals surface area contributed by atoms with Crippen LogP contribution in [0.5, 0.6) is 6.08 Å². The van der Waals surface area contributed by atoms with E-state index < -0.39 is 0 Å². The zero-order valence-electron chi connectivity index (χ0n) is 13.8. The number of hydrogen-bond donors (Lipinski definition) is 1. The van der Waals surface area contributed by atoms with Crippen molar-refractivity contribution in [1.82, 2.24) is 15.2 Å². The second kappa shape index (κ2) is 6.22. The first-order chi connectivity index (χ1) is 11.7. The molecular formula is C17H21N3O3S. The molecule has 1 N–H and O–H groups in total. The van der Waals surface area contributed by atoms with Crippen LogP contribution in [-0.4, -0.2) is 48.1 Å². The number of carbonyl (C=O) groups is 1. The highest BCUT2D eigenvalue weighted by atomic mass is 32.1. The molecule has 7 heteroatoms. The van der Waals surface area contributed by atoms with Crippen LogP contribution in [0, 0.1) is 5.92 Å². The minimum absolute atomic E-state index is 0.00308. The molecule has 2 aromatic rings. The molecule has 0 saturated carbocycles. The highest BCUT2D eigenvalue weighted by Gasteiger charge is 2.40. The summed E-state index contributed by atoms with van der Waals surface area (Å²) >= 11 is 1.41. The zero-order valence-corrected chi connectivity index (χ0v) is 14.6. The molecule has 2 aromatic heterocycles. The monoisotopic (exact) mass is 347 g/mol. The normalized spacial score (nSPS) is 28.8. The fourth-order valence-electron chi connectivity index (χ4n) is 3.83. The van der Waals surface area contributed by atoms with Crippen molar-refractivity contribution in [3.05, 3.63) is 23.2 Å². The Hall–Kier alpha value is -1.86. The van der Waals surface area contributed by atoms with Crippen molar-refractivity contribution in [3.8, 4) is 16.7 Å². The summed E-state index contributed by atoms with van der Waals surface area (Å²) in [5.41, 5.74) is 0. The minimum Gasteiger partial charge on any atom is -0.454 e. The van der Waals surface area contributed by atoms with E-state index >= 15 is 0 Å². The summed E-state index contributed by atoms with van der Waals surface area (Å²) in [5, 5.41) is 3.26. The number of carbonyl (C=O) groups excluding carboxylic acids is 1. The third-order valence-electron chi connectivity index (χ3n) is 5.21. The van der Waals surface area contributed by atoms with Gasteiger partial charge in [-0.2, -0.15) is 4.98 Å². The maximum atomic E-state index is 12.7. The molecule has 3 saturated heterocycles. The lowest BCUT2D eigenvalue weighted by molar-refractivity contribution is 0.0218. The largest absolute Gasteiger partial charge is 0.454 e. The molecule has 1 amide bonds. The Bertz CT molecular complexity index is 731. The average Bonchev–Trinajstić information content (AvgIpc) is 3.27. The minimum atomic E-state index is 0.00308. The van der Waals surface area contributed by atoms with E-state index in [1.54, 1.807) is 6.20 Å². The highest BCUT2D eigenvalue weighted by Crippen LogP contribution is 2.33. The summed E-state index contributed by atoms with van der Waals surface area (Å²) in [6.45, 7) is 4.54. The van der Waals surface area contributed by atoms with Crippen LogP contribution in [0.3, 0.4) is 0 Å². The summed E-state index contributed by atoms with van der Waals surface area (Å²) in [5.74, 6) is 1.22. The van der Waals surface area contributed by atoms with Gasteiger partial charge in [0.15, 0.2) is 5.76 Å². The van der Waals surface area contributed by atoms with E-state index in [1.165, 1.54) is 31.3 Å². The van der Waals surface area contributed by atoms with E-state index in [1.807, 2.05) is 12.1 Å². The molecule has 5 rings (SSSR count). The summed E-state index contributed by atoms with van der Waals surface area (Å²) in [6, 6.07) is 4.39. The van der Waals surface area contributed by atoms with Crippen LogP contribution in [0.4, 0.5) is 0 Å². The molecule has 2 atom stereocenters. The number of ether oxygens (including phenoxy) is 1. The summed E-state index contributed by atoms with van der Waals surface area (Å²) in [6.07, 6.45) is 4.21. The van der Waals surface area contributed by atoms with Gasteiger partial charge in [-0.1, -0.05) is 0 Å². The van der Waals surface area contributed by atoms with Crippen molar-refractivity contribution in [2.45, 2.75) is 31.8 Å². The summed E-state index contributed by atoms with van der Waals surface area (Å²) in [4.78, 5) is 20.7. The molecule has 128 valence electrons. The number of oxazole rings is 1. The molecule has 3 fully saturated rings. The third kappa shape index (κ3) is 2.71. The fourth-order valence-corrected chi connectivity index (χ4v) is 4.68. The molecule has 6 nitrogen and oxygen atoms in total. The first-order valence-corrected chi connectivity index (χ1v) is 9.12. The van der Waals surface area contributed by atoms with Crippen molar-refractivity contribution >= 4 is 17.2 Å². The van der Waals surface area contributed by atoms with Gasteiger partial charge in [-0.3, -0.25) is 9.69 Å². The molecule has 3 aliphatic heterocycles. The van der Waals surface area contributed by atoms with Crippen molar-refractivity contribution in [2.24, 2.45) is 5.92 Å². The van der Waals surface area contributed by atoms with Gasteiger partial charge in [-0.25, -0.2) is 0 Å². The van der Waals surface area contributed by atoms with E-state index in [0.29, 0.717) is 22.6 Å². The molecule has 0 unspecified atom stereocenters. The molecule has 0 aliphatic carbocycles. The Morgan fingerprint density at radius 3 is 2.88 bits per heavy atom. The Kier molecular flexibility index (Phi) is 4.05. The SMILES string of the molecule is COc1ncc(-c2ccc(C(=O)N[C@@H]3C4CCN(CC4)[C@H]3C)s2)o1. The first-order valence-electron chi connectivity index (χ1n) is 8.30. The zero-order chi connectivity index (χ0) is 16.7. The van der Waals surface area contributed by atoms with Gasteiger partial charge in [0, 0.05) is 12.1 Å². The van der Waals surface area contributed by atoms with E-state index in [0.717, 1.165) is 18.0 Å². The van der Waals surface area contributed by atoms with Crippen molar-refractivity contribution < 1.29 is 13.9 Å². The Balaban J connectivity index is 1.47. The van der Waals surface area contributed by atoms with E-state index in [4.69, 9.17) is 9.15 Å². The molecular weight excluding hydrogens is 326 g/mol. The maximum Gasteiger partial charge on any atom is 0.393 e. The van der Waals surface area contributed by atoms with Crippen molar-refractivity contribution in [2.75, 3.05) is 20.2 Å². The molecule has 2 bridgehead atoms. The van der Waals surface area contributed by atoms with Gasteiger partial charge in [0.2, 0.25) is 0 Å². The van der Waals surface area contributed by atoms with Gasteiger partial charge in [-0.15, -0.1) is 11.3 Å². The van der Waals surface area contributed by atoms with Gasteiger partial charge >= 0.3 is 6.08 Å². The van der Waals surface area contributed by atoms with E-state index in [2.05, 4.69) is 22.1 Å². The molecule has 0 aromatic carbocycles. The smallest absolute Gasteiger partial charge is 0.393 e. The lowest BCUT2D eigenvalue weighted by atomic mass is 9.79. The third-order valence-corrected chi connectivity index (χ3v) is 6.31. The topological polar surface area (TPSA) is 67.6 Å². The number of amides is 1. The van der Waals surface area contributed by atoms with Crippen LogP contribution in [0.2, 0.25) is 0 Å². The van der Waals surface area contributed by atoms with Crippen LogP contribution >= 0.6 is 11.3 Å².